The molecule has 0 radical (unpaired) electrons. The quantitative estimate of drug-likeness (QED) is 0.691. The molecule has 0 saturated carbocycles. The van der Waals surface area contributed by atoms with Gasteiger partial charge in [-0.2, -0.15) is 0 Å². The molecule has 1 N–H and O–H groups in total. The van der Waals surface area contributed by atoms with E-state index in [0.29, 0.717) is 49.3 Å². The number of aromatic nitrogens is 3. The second kappa shape index (κ2) is 8.32. The number of nitrogens with one attached hydrogen (secondary N) is 1. The van der Waals surface area contributed by atoms with Gasteiger partial charge in [-0.3, -0.25) is 4.79 Å². The Morgan fingerprint density at radius 3 is 2.79 bits per heavy atom. The number of carbonyl (C=O) groups excluding carboxylic acids is 1. The molecular weight excluding hydrogens is 372 g/mol. The fraction of sp³-hybridized carbons (Fsp3) is 0.286. The van der Waals surface area contributed by atoms with Gasteiger partial charge in [-0.1, -0.05) is 23.4 Å². The van der Waals surface area contributed by atoms with Crippen molar-refractivity contribution in [3.63, 3.8) is 0 Å². The largest absolute Gasteiger partial charge is 0.486 e. The number of amides is 1. The Balaban J connectivity index is 1.57. The van der Waals surface area contributed by atoms with Crippen LogP contribution in [0, 0.1) is 6.92 Å². The molecule has 0 saturated heterocycles. The Bertz CT molecular complexity index is 1030. The lowest BCUT2D eigenvalue weighted by Crippen LogP contribution is -2.16. The summed E-state index contributed by atoms with van der Waals surface area (Å²) in [7, 11) is 0. The van der Waals surface area contributed by atoms with E-state index in [1.165, 1.54) is 0 Å². The van der Waals surface area contributed by atoms with Gasteiger partial charge in [0.1, 0.15) is 13.2 Å². The smallest absolute Gasteiger partial charge is 0.278 e. The third-order valence-electron chi connectivity index (χ3n) is 4.61. The monoisotopic (exact) mass is 394 g/mol. The first-order valence-corrected chi connectivity index (χ1v) is 9.46. The van der Waals surface area contributed by atoms with E-state index in [-0.39, 0.29) is 11.6 Å². The first-order chi connectivity index (χ1) is 14.2. The number of fused-ring (bicyclic) bond motifs is 1. The van der Waals surface area contributed by atoms with Crippen molar-refractivity contribution in [2.45, 2.75) is 20.5 Å². The van der Waals surface area contributed by atoms with Gasteiger partial charge in [0, 0.05) is 23.9 Å². The molecule has 2 aromatic carbocycles. The van der Waals surface area contributed by atoms with Crippen LogP contribution >= 0.6 is 0 Å². The molecule has 0 bridgehead atoms. The van der Waals surface area contributed by atoms with E-state index in [4.69, 9.17) is 14.2 Å². The minimum absolute atomic E-state index is 0.256. The van der Waals surface area contributed by atoms with E-state index < -0.39 is 0 Å². The van der Waals surface area contributed by atoms with Crippen molar-refractivity contribution in [3.8, 4) is 17.2 Å². The van der Waals surface area contributed by atoms with Crippen LogP contribution in [0.1, 0.15) is 28.7 Å². The Morgan fingerprint density at radius 2 is 1.97 bits per heavy atom. The Kier molecular flexibility index (Phi) is 5.44. The zero-order valence-electron chi connectivity index (χ0n) is 16.3. The minimum Gasteiger partial charge on any atom is -0.486 e. The van der Waals surface area contributed by atoms with Gasteiger partial charge in [-0.25, -0.2) is 4.68 Å². The van der Waals surface area contributed by atoms with Crippen molar-refractivity contribution in [1.29, 1.82) is 0 Å². The lowest BCUT2D eigenvalue weighted by Gasteiger charge is -2.18. The molecule has 2 heterocycles. The number of carbonyl (C=O) groups is 1. The van der Waals surface area contributed by atoms with Crippen molar-refractivity contribution >= 4 is 11.6 Å². The molecule has 4 rings (SSSR count). The van der Waals surface area contributed by atoms with Crippen LogP contribution in [0.5, 0.6) is 11.5 Å². The summed E-state index contributed by atoms with van der Waals surface area (Å²) in [5, 5.41) is 11.2. The molecule has 29 heavy (non-hydrogen) atoms. The Labute approximate surface area is 168 Å². The highest BCUT2D eigenvalue weighted by atomic mass is 16.6. The average molecular weight is 394 g/mol. The molecule has 0 spiro atoms. The summed E-state index contributed by atoms with van der Waals surface area (Å²) >= 11 is 0. The summed E-state index contributed by atoms with van der Waals surface area (Å²) in [4.78, 5) is 12.8. The number of para-hydroxylation sites is 1. The van der Waals surface area contributed by atoms with Crippen molar-refractivity contribution in [2.75, 3.05) is 25.1 Å². The summed E-state index contributed by atoms with van der Waals surface area (Å²) in [5.41, 5.74) is 3.22. The second-order valence-corrected chi connectivity index (χ2v) is 6.51. The third-order valence-corrected chi connectivity index (χ3v) is 4.61. The van der Waals surface area contributed by atoms with Crippen LogP contribution < -0.4 is 14.8 Å². The molecule has 0 unspecified atom stereocenters. The first-order valence-electron chi connectivity index (χ1n) is 9.46. The molecule has 0 fully saturated rings. The first kappa shape index (κ1) is 18.9. The van der Waals surface area contributed by atoms with Crippen LogP contribution in [0.4, 0.5) is 5.69 Å². The van der Waals surface area contributed by atoms with Crippen molar-refractivity contribution in [2.24, 2.45) is 0 Å². The molecule has 0 aliphatic carbocycles. The van der Waals surface area contributed by atoms with Crippen LogP contribution in [-0.2, 0) is 11.3 Å². The van der Waals surface area contributed by atoms with Crippen LogP contribution in [0.15, 0.2) is 42.5 Å². The van der Waals surface area contributed by atoms with E-state index in [2.05, 4.69) is 15.6 Å². The van der Waals surface area contributed by atoms with Crippen LogP contribution in [0.25, 0.3) is 5.69 Å². The normalized spacial score (nSPS) is 12.6. The standard InChI is InChI=1S/C21H22N4O4/c1-3-27-13-15-6-4-5-7-17(15)22-21(26)20-14(2)25(24-23-20)16-8-9-18-19(12-16)29-11-10-28-18/h4-9,12H,3,10-11,13H2,1-2H3,(H,22,26). The summed E-state index contributed by atoms with van der Waals surface area (Å²) in [6, 6.07) is 13.0. The highest BCUT2D eigenvalue weighted by molar-refractivity contribution is 6.04. The van der Waals surface area contributed by atoms with Crippen molar-refractivity contribution in [3.05, 3.63) is 59.4 Å². The van der Waals surface area contributed by atoms with Crippen molar-refractivity contribution in [1.82, 2.24) is 15.0 Å². The predicted octanol–water partition coefficient (Wildman–Crippen LogP) is 3.14. The molecule has 150 valence electrons. The van der Waals surface area contributed by atoms with E-state index >= 15 is 0 Å². The van der Waals surface area contributed by atoms with Gasteiger partial charge in [0.05, 0.1) is 18.0 Å². The Morgan fingerprint density at radius 1 is 1.17 bits per heavy atom. The lowest BCUT2D eigenvalue weighted by atomic mass is 10.2. The zero-order valence-corrected chi connectivity index (χ0v) is 16.3. The second-order valence-electron chi connectivity index (χ2n) is 6.51. The number of rotatable bonds is 6. The minimum atomic E-state index is -0.324. The fourth-order valence-corrected chi connectivity index (χ4v) is 3.11. The lowest BCUT2D eigenvalue weighted by molar-refractivity contribution is 0.102. The van der Waals surface area contributed by atoms with E-state index in [1.54, 1.807) is 11.6 Å². The SMILES string of the molecule is CCOCc1ccccc1NC(=O)c1nnn(-c2ccc3c(c2)OCCO3)c1C. The van der Waals surface area contributed by atoms with Gasteiger partial charge in [-0.15, -0.1) is 5.10 Å². The van der Waals surface area contributed by atoms with E-state index in [1.807, 2.05) is 49.4 Å². The van der Waals surface area contributed by atoms with Gasteiger partial charge in [0.2, 0.25) is 0 Å². The van der Waals surface area contributed by atoms with Gasteiger partial charge in [0.25, 0.3) is 5.91 Å². The number of anilines is 1. The molecule has 1 aliphatic heterocycles. The zero-order chi connectivity index (χ0) is 20.2. The number of hydrogen-bond acceptors (Lipinski definition) is 6. The van der Waals surface area contributed by atoms with Crippen LogP contribution in [0.3, 0.4) is 0 Å². The third kappa shape index (κ3) is 3.93. The molecule has 3 aromatic rings. The molecule has 1 amide bonds. The van der Waals surface area contributed by atoms with Gasteiger partial charge >= 0.3 is 0 Å². The van der Waals surface area contributed by atoms with Crippen molar-refractivity contribution < 1.29 is 19.0 Å². The maximum atomic E-state index is 12.8. The number of hydrogen-bond donors (Lipinski definition) is 1. The van der Waals surface area contributed by atoms with Crippen LogP contribution in [-0.4, -0.2) is 40.7 Å². The summed E-state index contributed by atoms with van der Waals surface area (Å²) in [6.45, 7) is 5.80. The van der Waals surface area contributed by atoms with Gasteiger partial charge in [-0.05, 0) is 32.0 Å². The average Bonchev–Trinajstić information content (AvgIpc) is 3.14. The molecule has 1 aliphatic rings. The summed E-state index contributed by atoms with van der Waals surface area (Å²) in [6.07, 6.45) is 0. The Hall–Kier alpha value is -3.39. The molecule has 1 aromatic heterocycles. The molecule has 8 nitrogen and oxygen atoms in total. The molecule has 8 heteroatoms. The number of nitrogens with zero attached hydrogens (tertiary/aromatic N) is 3. The predicted molar refractivity (Wildman–Crippen MR) is 107 cm³/mol. The summed E-state index contributed by atoms with van der Waals surface area (Å²) < 4.78 is 18.3. The highest BCUT2D eigenvalue weighted by Gasteiger charge is 2.20. The fourth-order valence-electron chi connectivity index (χ4n) is 3.11. The molecular formula is C21H22N4O4. The highest BCUT2D eigenvalue weighted by Crippen LogP contribution is 2.32. The summed E-state index contributed by atoms with van der Waals surface area (Å²) in [5.74, 6) is 1.02. The topological polar surface area (TPSA) is 87.5 Å². The molecule has 0 atom stereocenters. The number of ether oxygens (including phenoxy) is 3. The van der Waals surface area contributed by atoms with Gasteiger partial charge in [0.15, 0.2) is 17.2 Å². The van der Waals surface area contributed by atoms with Gasteiger partial charge < -0.3 is 19.5 Å². The van der Waals surface area contributed by atoms with E-state index in [0.717, 1.165) is 11.3 Å². The van der Waals surface area contributed by atoms with Crippen LogP contribution in [0.2, 0.25) is 0 Å². The maximum Gasteiger partial charge on any atom is 0.278 e. The maximum absolute atomic E-state index is 12.8. The number of benzene rings is 2. The van der Waals surface area contributed by atoms with E-state index in [9.17, 15) is 4.79 Å².